The molecular weight excluding hydrogens is 294 g/mol. The lowest BCUT2D eigenvalue weighted by Gasteiger charge is -2.12. The quantitative estimate of drug-likeness (QED) is 0.768. The molecule has 23 heavy (non-hydrogen) atoms. The topological polar surface area (TPSA) is 72.5 Å². The van der Waals surface area contributed by atoms with Gasteiger partial charge in [-0.15, -0.1) is 0 Å². The molecule has 0 saturated heterocycles. The summed E-state index contributed by atoms with van der Waals surface area (Å²) in [6.45, 7) is 2.93. The number of pyridine rings is 1. The molecule has 0 spiro atoms. The van der Waals surface area contributed by atoms with Crippen molar-refractivity contribution in [3.05, 3.63) is 47.8 Å². The van der Waals surface area contributed by atoms with Gasteiger partial charge >= 0.3 is 0 Å². The molecule has 0 aliphatic rings. The number of methoxy groups -OCH3 is 2. The summed E-state index contributed by atoms with van der Waals surface area (Å²) < 4.78 is 10.3. The number of aryl methyl sites for hydroxylation is 1. The van der Waals surface area contributed by atoms with Gasteiger partial charge in [0.2, 0.25) is 0 Å². The van der Waals surface area contributed by atoms with Crippen LogP contribution in [0.2, 0.25) is 0 Å². The first-order valence-electron chi connectivity index (χ1n) is 7.28. The van der Waals surface area contributed by atoms with Crippen molar-refractivity contribution in [2.24, 2.45) is 0 Å². The molecule has 6 nitrogen and oxygen atoms in total. The minimum Gasteiger partial charge on any atom is -0.495 e. The van der Waals surface area contributed by atoms with E-state index in [2.05, 4.69) is 15.6 Å². The Morgan fingerprint density at radius 2 is 2.04 bits per heavy atom. The maximum absolute atomic E-state index is 12.0. The number of aromatic nitrogens is 1. The average molecular weight is 315 g/mol. The lowest BCUT2D eigenvalue weighted by molar-refractivity contribution is 0.0937. The second kappa shape index (κ2) is 8.14. The van der Waals surface area contributed by atoms with Crippen LogP contribution in [0.4, 0.5) is 11.4 Å². The van der Waals surface area contributed by atoms with Gasteiger partial charge < -0.3 is 20.1 Å². The van der Waals surface area contributed by atoms with E-state index in [0.717, 1.165) is 17.0 Å². The molecule has 0 bridgehead atoms. The molecule has 1 aromatic carbocycles. The van der Waals surface area contributed by atoms with Crippen LogP contribution in [0.1, 0.15) is 15.9 Å². The van der Waals surface area contributed by atoms with Crippen molar-refractivity contribution in [1.29, 1.82) is 0 Å². The Morgan fingerprint density at radius 1 is 1.22 bits per heavy atom. The van der Waals surface area contributed by atoms with Crippen LogP contribution in [0.15, 0.2) is 36.7 Å². The van der Waals surface area contributed by atoms with E-state index in [1.54, 1.807) is 26.5 Å². The summed E-state index contributed by atoms with van der Waals surface area (Å²) in [7, 11) is 3.21. The Balaban J connectivity index is 2.14. The largest absolute Gasteiger partial charge is 0.495 e. The predicted octanol–water partition coefficient (Wildman–Crippen LogP) is 2.52. The number of rotatable bonds is 7. The Labute approximate surface area is 135 Å². The van der Waals surface area contributed by atoms with Gasteiger partial charge in [0, 0.05) is 19.9 Å². The summed E-state index contributed by atoms with van der Waals surface area (Å²) in [4.78, 5) is 16.2. The van der Waals surface area contributed by atoms with Gasteiger partial charge in [0.05, 0.1) is 36.9 Å². The molecule has 0 radical (unpaired) electrons. The number of amides is 1. The number of carbonyl (C=O) groups is 1. The van der Waals surface area contributed by atoms with Crippen molar-refractivity contribution in [2.45, 2.75) is 6.92 Å². The molecule has 0 saturated carbocycles. The molecular formula is C17H21N3O3. The molecule has 6 heteroatoms. The number of carbonyl (C=O) groups excluding carboxylic acids is 1. The van der Waals surface area contributed by atoms with Gasteiger partial charge in [0.1, 0.15) is 5.75 Å². The minimum absolute atomic E-state index is 0.186. The van der Waals surface area contributed by atoms with Gasteiger partial charge in [-0.25, -0.2) is 0 Å². The number of benzene rings is 1. The predicted molar refractivity (Wildman–Crippen MR) is 89.5 cm³/mol. The first-order chi connectivity index (χ1) is 11.1. The highest BCUT2D eigenvalue weighted by Gasteiger charge is 2.08. The van der Waals surface area contributed by atoms with Crippen LogP contribution in [0.25, 0.3) is 0 Å². The molecule has 122 valence electrons. The Kier molecular flexibility index (Phi) is 5.94. The van der Waals surface area contributed by atoms with Crippen molar-refractivity contribution in [3.8, 4) is 5.75 Å². The second-order valence-electron chi connectivity index (χ2n) is 5.04. The van der Waals surface area contributed by atoms with Crippen LogP contribution in [-0.4, -0.2) is 38.3 Å². The van der Waals surface area contributed by atoms with Crippen LogP contribution in [-0.2, 0) is 4.74 Å². The maximum Gasteiger partial charge on any atom is 0.253 e. The summed E-state index contributed by atoms with van der Waals surface area (Å²) >= 11 is 0. The summed E-state index contributed by atoms with van der Waals surface area (Å²) in [6, 6.07) is 7.59. The number of hydrogen-bond acceptors (Lipinski definition) is 5. The molecule has 0 atom stereocenters. The Hall–Kier alpha value is -2.60. The van der Waals surface area contributed by atoms with Crippen molar-refractivity contribution in [3.63, 3.8) is 0 Å². The molecule has 1 aromatic heterocycles. The third-order valence-electron chi connectivity index (χ3n) is 3.23. The van der Waals surface area contributed by atoms with Crippen molar-refractivity contribution in [1.82, 2.24) is 10.3 Å². The molecule has 1 heterocycles. The average Bonchev–Trinajstić information content (AvgIpc) is 2.55. The summed E-state index contributed by atoms with van der Waals surface area (Å²) in [5.74, 6) is 0.542. The van der Waals surface area contributed by atoms with Gasteiger partial charge in [-0.05, 0) is 30.7 Å². The molecule has 1 amide bonds. The maximum atomic E-state index is 12.0. The smallest absolute Gasteiger partial charge is 0.253 e. The van der Waals surface area contributed by atoms with Crippen molar-refractivity contribution >= 4 is 17.3 Å². The normalized spacial score (nSPS) is 10.2. The lowest BCUT2D eigenvalue weighted by atomic mass is 10.2. The number of hydrogen-bond donors (Lipinski definition) is 2. The van der Waals surface area contributed by atoms with E-state index in [9.17, 15) is 4.79 Å². The van der Waals surface area contributed by atoms with Crippen LogP contribution in [0, 0.1) is 6.92 Å². The van der Waals surface area contributed by atoms with E-state index in [0.29, 0.717) is 24.4 Å². The lowest BCUT2D eigenvalue weighted by Crippen LogP contribution is -2.27. The Morgan fingerprint density at radius 3 is 2.78 bits per heavy atom. The highest BCUT2D eigenvalue weighted by atomic mass is 16.5. The molecule has 0 unspecified atom stereocenters. The van der Waals surface area contributed by atoms with E-state index < -0.39 is 0 Å². The highest BCUT2D eigenvalue weighted by Crippen LogP contribution is 2.28. The standard InChI is InChI=1S/C17H21N3O3/c1-12-4-5-16(23-3)15(8-12)20-14-9-13(10-18-11-14)17(21)19-6-7-22-2/h4-5,8-11,20H,6-7H2,1-3H3,(H,19,21). The van der Waals surface area contributed by atoms with Gasteiger partial charge in [-0.3, -0.25) is 9.78 Å². The van der Waals surface area contributed by atoms with Gasteiger partial charge in [0.25, 0.3) is 5.91 Å². The molecule has 2 rings (SSSR count). The van der Waals surface area contributed by atoms with Crippen molar-refractivity contribution < 1.29 is 14.3 Å². The van der Waals surface area contributed by atoms with Crippen LogP contribution < -0.4 is 15.4 Å². The zero-order valence-electron chi connectivity index (χ0n) is 13.6. The molecule has 0 aliphatic carbocycles. The van der Waals surface area contributed by atoms with E-state index in [1.165, 1.54) is 6.20 Å². The fourth-order valence-electron chi connectivity index (χ4n) is 2.08. The van der Waals surface area contributed by atoms with E-state index >= 15 is 0 Å². The first-order valence-corrected chi connectivity index (χ1v) is 7.28. The third-order valence-corrected chi connectivity index (χ3v) is 3.23. The van der Waals surface area contributed by atoms with Gasteiger partial charge in [0.15, 0.2) is 0 Å². The summed E-state index contributed by atoms with van der Waals surface area (Å²) in [6.07, 6.45) is 3.19. The van der Waals surface area contributed by atoms with Crippen LogP contribution >= 0.6 is 0 Å². The minimum atomic E-state index is -0.186. The van der Waals surface area contributed by atoms with E-state index in [-0.39, 0.29) is 5.91 Å². The van der Waals surface area contributed by atoms with E-state index in [1.807, 2.05) is 25.1 Å². The summed E-state index contributed by atoms with van der Waals surface area (Å²) in [5.41, 5.74) is 3.13. The highest BCUT2D eigenvalue weighted by molar-refractivity contribution is 5.94. The summed E-state index contributed by atoms with van der Waals surface area (Å²) in [5, 5.41) is 6.00. The fourth-order valence-corrected chi connectivity index (χ4v) is 2.08. The third kappa shape index (κ3) is 4.69. The number of anilines is 2. The monoisotopic (exact) mass is 315 g/mol. The molecule has 0 aliphatic heterocycles. The second-order valence-corrected chi connectivity index (χ2v) is 5.04. The Bertz CT molecular complexity index is 674. The van der Waals surface area contributed by atoms with Crippen molar-refractivity contribution in [2.75, 3.05) is 32.7 Å². The number of nitrogens with zero attached hydrogens (tertiary/aromatic N) is 1. The molecule has 2 aromatic rings. The molecule has 2 N–H and O–H groups in total. The van der Waals surface area contributed by atoms with Gasteiger partial charge in [-0.2, -0.15) is 0 Å². The van der Waals surface area contributed by atoms with Crippen LogP contribution in [0.3, 0.4) is 0 Å². The van der Waals surface area contributed by atoms with E-state index in [4.69, 9.17) is 9.47 Å². The zero-order valence-corrected chi connectivity index (χ0v) is 13.6. The molecule has 0 fully saturated rings. The zero-order chi connectivity index (χ0) is 16.7. The number of nitrogens with one attached hydrogen (secondary N) is 2. The SMILES string of the molecule is COCCNC(=O)c1cncc(Nc2cc(C)ccc2OC)c1. The van der Waals surface area contributed by atoms with Gasteiger partial charge in [-0.1, -0.05) is 6.07 Å². The number of ether oxygens (including phenoxy) is 2. The van der Waals surface area contributed by atoms with Crippen LogP contribution in [0.5, 0.6) is 5.75 Å². The fraction of sp³-hybridized carbons (Fsp3) is 0.294. The first kappa shape index (κ1) is 16.8.